The lowest BCUT2D eigenvalue weighted by molar-refractivity contribution is 1.30. The number of fused-ring (bicyclic) bond motifs is 5. The summed E-state index contributed by atoms with van der Waals surface area (Å²) in [5, 5.41) is 5.78. The second-order valence-electron chi connectivity index (χ2n) is 13.8. The standard InChI is InChI=1S/C52H35N3/c1-5-18-36(19-6-1)41-33-47(37-20-7-2-8-21-37)53-48(34-41)39-23-17-24-40(32-39)52-51-49(55(42-25-9-3-10-26-42)43-27-11-4-12-28-43)35-38-22-13-14-29-44(38)50(51)45-30-15-16-31-46(45)54-52/h1-35H. The van der Waals surface area contributed by atoms with Crippen molar-refractivity contribution in [3.05, 3.63) is 212 Å². The molecule has 10 aromatic rings. The molecule has 0 N–H and O–H groups in total. The minimum absolute atomic E-state index is 0.910. The number of aromatic nitrogens is 2. The average molecular weight is 702 g/mol. The molecule has 0 saturated heterocycles. The lowest BCUT2D eigenvalue weighted by atomic mass is 9.92. The molecule has 0 aliphatic carbocycles. The van der Waals surface area contributed by atoms with E-state index in [1.54, 1.807) is 0 Å². The van der Waals surface area contributed by atoms with Crippen LogP contribution in [0.1, 0.15) is 0 Å². The topological polar surface area (TPSA) is 29.0 Å². The van der Waals surface area contributed by atoms with Crippen LogP contribution in [0.25, 0.3) is 77.3 Å². The van der Waals surface area contributed by atoms with Crippen molar-refractivity contribution in [1.82, 2.24) is 9.97 Å². The molecule has 0 amide bonds. The molecule has 0 atom stereocenters. The van der Waals surface area contributed by atoms with Crippen LogP contribution in [0, 0.1) is 0 Å². The quantitative estimate of drug-likeness (QED) is 0.155. The Hall–Kier alpha value is -7.36. The van der Waals surface area contributed by atoms with Gasteiger partial charge in [0, 0.05) is 44.2 Å². The van der Waals surface area contributed by atoms with Crippen LogP contribution in [0.15, 0.2) is 212 Å². The van der Waals surface area contributed by atoms with Crippen LogP contribution in [0.4, 0.5) is 17.1 Å². The summed E-state index contributed by atoms with van der Waals surface area (Å²) in [6, 6.07) is 75.0. The van der Waals surface area contributed by atoms with Crippen molar-refractivity contribution in [2.24, 2.45) is 0 Å². The first-order valence-corrected chi connectivity index (χ1v) is 18.7. The van der Waals surface area contributed by atoms with Gasteiger partial charge in [-0.3, -0.25) is 0 Å². The van der Waals surface area contributed by atoms with E-state index in [2.05, 4.69) is 211 Å². The van der Waals surface area contributed by atoms with Gasteiger partial charge in [-0.2, -0.15) is 0 Å². The normalized spacial score (nSPS) is 11.3. The number of rotatable bonds is 7. The van der Waals surface area contributed by atoms with E-state index in [0.29, 0.717) is 0 Å². The van der Waals surface area contributed by atoms with Gasteiger partial charge >= 0.3 is 0 Å². The van der Waals surface area contributed by atoms with Crippen molar-refractivity contribution in [3.63, 3.8) is 0 Å². The smallest absolute Gasteiger partial charge is 0.0809 e. The van der Waals surface area contributed by atoms with E-state index >= 15 is 0 Å². The Balaban J connectivity index is 1.27. The molecule has 3 heteroatoms. The maximum atomic E-state index is 5.53. The van der Waals surface area contributed by atoms with Crippen molar-refractivity contribution in [1.29, 1.82) is 0 Å². The number of para-hydroxylation sites is 3. The van der Waals surface area contributed by atoms with Gasteiger partial charge in [-0.25, -0.2) is 9.97 Å². The lowest BCUT2D eigenvalue weighted by Gasteiger charge is -2.28. The number of nitrogens with zero attached hydrogens (tertiary/aromatic N) is 3. The van der Waals surface area contributed by atoms with Crippen LogP contribution in [0.2, 0.25) is 0 Å². The molecule has 3 nitrogen and oxygen atoms in total. The van der Waals surface area contributed by atoms with Gasteiger partial charge in [-0.1, -0.05) is 158 Å². The molecule has 0 bridgehead atoms. The molecular formula is C52H35N3. The SMILES string of the molecule is c1ccc(-c2cc(-c3ccccc3)nc(-c3cccc(-c4nc5ccccc5c5c4c(N(c4ccccc4)c4ccccc4)cc4ccccc45)c3)c2)cc1. The molecule has 0 aliphatic heterocycles. The molecule has 258 valence electrons. The largest absolute Gasteiger partial charge is 0.310 e. The van der Waals surface area contributed by atoms with Crippen molar-refractivity contribution in [3.8, 4) is 44.9 Å². The van der Waals surface area contributed by atoms with Crippen LogP contribution in [-0.4, -0.2) is 9.97 Å². The van der Waals surface area contributed by atoms with E-state index in [9.17, 15) is 0 Å². The van der Waals surface area contributed by atoms with E-state index in [1.165, 1.54) is 16.2 Å². The number of hydrogen-bond donors (Lipinski definition) is 0. The summed E-state index contributed by atoms with van der Waals surface area (Å²) in [7, 11) is 0. The second kappa shape index (κ2) is 13.9. The summed E-state index contributed by atoms with van der Waals surface area (Å²) >= 11 is 0. The number of anilines is 3. The molecule has 2 aromatic heterocycles. The van der Waals surface area contributed by atoms with Crippen molar-refractivity contribution < 1.29 is 0 Å². The molecular weight excluding hydrogens is 667 g/mol. The first-order valence-electron chi connectivity index (χ1n) is 18.7. The monoisotopic (exact) mass is 701 g/mol. The number of hydrogen-bond acceptors (Lipinski definition) is 3. The third-order valence-corrected chi connectivity index (χ3v) is 10.4. The predicted octanol–water partition coefficient (Wildman–Crippen LogP) is 14.1. The summed E-state index contributed by atoms with van der Waals surface area (Å²) in [6.07, 6.45) is 0. The zero-order valence-corrected chi connectivity index (χ0v) is 30.0. The van der Waals surface area contributed by atoms with E-state index in [-0.39, 0.29) is 0 Å². The molecule has 0 spiro atoms. The van der Waals surface area contributed by atoms with Gasteiger partial charge in [0.25, 0.3) is 0 Å². The highest BCUT2D eigenvalue weighted by atomic mass is 15.1. The van der Waals surface area contributed by atoms with Crippen molar-refractivity contribution in [2.75, 3.05) is 4.90 Å². The van der Waals surface area contributed by atoms with Gasteiger partial charge in [0.05, 0.1) is 28.3 Å². The predicted molar refractivity (Wildman–Crippen MR) is 231 cm³/mol. The average Bonchev–Trinajstić information content (AvgIpc) is 3.27. The van der Waals surface area contributed by atoms with E-state index < -0.39 is 0 Å². The first-order chi connectivity index (χ1) is 27.3. The third kappa shape index (κ3) is 5.98. The van der Waals surface area contributed by atoms with E-state index in [0.717, 1.165) is 78.3 Å². The maximum absolute atomic E-state index is 5.53. The van der Waals surface area contributed by atoms with Gasteiger partial charge < -0.3 is 4.90 Å². The van der Waals surface area contributed by atoms with Crippen LogP contribution in [0.3, 0.4) is 0 Å². The fraction of sp³-hybridized carbons (Fsp3) is 0. The fourth-order valence-electron chi connectivity index (χ4n) is 7.84. The van der Waals surface area contributed by atoms with E-state index in [4.69, 9.17) is 9.97 Å². The maximum Gasteiger partial charge on any atom is 0.0809 e. The Morgan fingerprint density at radius 1 is 0.327 bits per heavy atom. The van der Waals surface area contributed by atoms with Crippen LogP contribution < -0.4 is 4.90 Å². The first kappa shape index (κ1) is 32.3. The summed E-state index contributed by atoms with van der Waals surface area (Å²) < 4.78 is 0. The summed E-state index contributed by atoms with van der Waals surface area (Å²) in [5.41, 5.74) is 12.4. The zero-order chi connectivity index (χ0) is 36.6. The van der Waals surface area contributed by atoms with Gasteiger partial charge in [0.1, 0.15) is 0 Å². The Morgan fingerprint density at radius 2 is 0.855 bits per heavy atom. The molecule has 10 rings (SSSR count). The van der Waals surface area contributed by atoms with Crippen molar-refractivity contribution >= 4 is 49.5 Å². The fourth-order valence-corrected chi connectivity index (χ4v) is 7.84. The van der Waals surface area contributed by atoms with Gasteiger partial charge in [0.15, 0.2) is 0 Å². The number of benzene rings is 8. The summed E-state index contributed by atoms with van der Waals surface area (Å²) in [4.78, 5) is 13.2. The third-order valence-electron chi connectivity index (χ3n) is 10.4. The molecule has 55 heavy (non-hydrogen) atoms. The second-order valence-corrected chi connectivity index (χ2v) is 13.8. The minimum atomic E-state index is 0.910. The Bertz CT molecular complexity index is 2850. The Labute approximate surface area is 320 Å². The van der Waals surface area contributed by atoms with Crippen LogP contribution in [0.5, 0.6) is 0 Å². The van der Waals surface area contributed by atoms with E-state index in [1.807, 2.05) is 6.07 Å². The van der Waals surface area contributed by atoms with Gasteiger partial charge in [-0.15, -0.1) is 0 Å². The highest BCUT2D eigenvalue weighted by molar-refractivity contribution is 6.27. The minimum Gasteiger partial charge on any atom is -0.310 e. The van der Waals surface area contributed by atoms with Crippen molar-refractivity contribution in [2.45, 2.75) is 0 Å². The molecule has 0 fully saturated rings. The summed E-state index contributed by atoms with van der Waals surface area (Å²) in [5.74, 6) is 0. The highest BCUT2D eigenvalue weighted by Gasteiger charge is 2.23. The zero-order valence-electron chi connectivity index (χ0n) is 30.0. The number of pyridine rings is 2. The molecule has 2 heterocycles. The van der Waals surface area contributed by atoms with Crippen LogP contribution in [-0.2, 0) is 0 Å². The summed E-state index contributed by atoms with van der Waals surface area (Å²) in [6.45, 7) is 0. The molecule has 8 aromatic carbocycles. The lowest BCUT2D eigenvalue weighted by Crippen LogP contribution is -2.11. The Morgan fingerprint density at radius 3 is 1.55 bits per heavy atom. The van der Waals surface area contributed by atoms with Gasteiger partial charge in [0.2, 0.25) is 0 Å². The highest BCUT2D eigenvalue weighted by Crippen LogP contribution is 2.47. The molecule has 0 aliphatic rings. The Kier molecular flexibility index (Phi) is 8.16. The van der Waals surface area contributed by atoms with Gasteiger partial charge in [-0.05, 0) is 76.5 Å². The molecule has 0 radical (unpaired) electrons. The molecule has 0 saturated carbocycles. The molecule has 0 unspecified atom stereocenters. The van der Waals surface area contributed by atoms with Crippen LogP contribution >= 0.6 is 0 Å².